The fourth-order valence-corrected chi connectivity index (χ4v) is 5.07. The highest BCUT2D eigenvalue weighted by Gasteiger charge is 2.47. The Labute approximate surface area is 221 Å². The molecule has 0 spiro atoms. The van der Waals surface area contributed by atoms with Crippen molar-refractivity contribution in [2.45, 2.75) is 6.04 Å². The molecule has 1 unspecified atom stereocenters. The summed E-state index contributed by atoms with van der Waals surface area (Å²) >= 11 is 0. The van der Waals surface area contributed by atoms with Crippen LogP contribution in [-0.2, 0) is 9.59 Å². The van der Waals surface area contributed by atoms with Crippen molar-refractivity contribution in [2.75, 3.05) is 57.2 Å². The molecule has 38 heavy (non-hydrogen) atoms. The molecule has 0 bridgehead atoms. The second-order valence-electron chi connectivity index (χ2n) is 9.29. The summed E-state index contributed by atoms with van der Waals surface area (Å²) in [5, 5.41) is 11.6. The summed E-state index contributed by atoms with van der Waals surface area (Å²) in [5.41, 5.74) is 2.40. The van der Waals surface area contributed by atoms with Crippen LogP contribution in [0.15, 0.2) is 72.6 Å². The Kier molecular flexibility index (Phi) is 7.02. The number of piperazine rings is 1. The average molecular weight is 515 g/mol. The highest BCUT2D eigenvalue weighted by Crippen LogP contribution is 2.45. The van der Waals surface area contributed by atoms with Gasteiger partial charge in [0.05, 0.1) is 25.8 Å². The normalized spacial score (nSPS) is 19.6. The summed E-state index contributed by atoms with van der Waals surface area (Å²) < 4.78 is 10.9. The van der Waals surface area contributed by atoms with Gasteiger partial charge in [0.15, 0.2) is 0 Å². The predicted molar refractivity (Wildman–Crippen MR) is 145 cm³/mol. The molecule has 2 fully saturated rings. The first-order chi connectivity index (χ1) is 18.4. The summed E-state index contributed by atoms with van der Waals surface area (Å²) in [4.78, 5) is 37.1. The van der Waals surface area contributed by atoms with Crippen molar-refractivity contribution in [3.05, 3.63) is 83.7 Å². The number of likely N-dealkylation sites (N-methyl/N-ethyl adjacent to an activating group) is 1. The van der Waals surface area contributed by atoms with E-state index in [9.17, 15) is 14.7 Å². The second kappa shape index (κ2) is 10.5. The molecular formula is C29H30N4O5. The minimum absolute atomic E-state index is 0.0489. The van der Waals surface area contributed by atoms with Crippen molar-refractivity contribution in [1.82, 2.24) is 9.88 Å². The third-order valence-electron chi connectivity index (χ3n) is 7.13. The number of aromatic nitrogens is 1. The van der Waals surface area contributed by atoms with E-state index in [1.165, 1.54) is 19.1 Å². The molecule has 5 rings (SSSR count). The zero-order valence-electron chi connectivity index (χ0n) is 21.6. The molecule has 1 aromatic heterocycles. The lowest BCUT2D eigenvalue weighted by atomic mass is 9.95. The lowest BCUT2D eigenvalue weighted by Crippen LogP contribution is -2.44. The standard InChI is InChI=1S/C29H30N4O5/c1-31-15-17-32(18-16-31)20-7-9-21(10-8-20)33-26(19-11-13-30-14-12-19)25(28(35)29(33)36)27(34)24-22(37-2)5-4-6-23(24)38-3/h4-14,26,34H,15-18H2,1-3H3/b27-25+. The Hall–Kier alpha value is -4.37. The van der Waals surface area contributed by atoms with E-state index < -0.39 is 17.7 Å². The summed E-state index contributed by atoms with van der Waals surface area (Å²) in [6.07, 6.45) is 3.19. The van der Waals surface area contributed by atoms with Gasteiger partial charge in [-0.3, -0.25) is 19.5 Å². The summed E-state index contributed by atoms with van der Waals surface area (Å²) in [6.45, 7) is 3.78. The number of aliphatic hydroxyl groups excluding tert-OH is 1. The van der Waals surface area contributed by atoms with Crippen LogP contribution in [-0.4, -0.2) is 74.1 Å². The van der Waals surface area contributed by atoms with Crippen molar-refractivity contribution in [2.24, 2.45) is 0 Å². The Morgan fingerprint density at radius 2 is 1.45 bits per heavy atom. The first-order valence-corrected chi connectivity index (χ1v) is 12.4. The highest BCUT2D eigenvalue weighted by molar-refractivity contribution is 6.51. The zero-order valence-corrected chi connectivity index (χ0v) is 21.6. The molecule has 1 atom stereocenters. The number of Topliss-reactive ketones (excluding diaryl/α,β-unsaturated/α-hetero) is 1. The van der Waals surface area contributed by atoms with Crippen molar-refractivity contribution >= 4 is 28.8 Å². The van der Waals surface area contributed by atoms with Gasteiger partial charge in [-0.25, -0.2) is 0 Å². The number of ether oxygens (including phenoxy) is 2. The van der Waals surface area contributed by atoms with Crippen LogP contribution in [0.25, 0.3) is 5.76 Å². The highest BCUT2D eigenvalue weighted by atomic mass is 16.5. The molecule has 3 heterocycles. The molecule has 9 heteroatoms. The maximum Gasteiger partial charge on any atom is 0.300 e. The number of amides is 1. The topological polar surface area (TPSA) is 95.4 Å². The number of methoxy groups -OCH3 is 2. The smallest absolute Gasteiger partial charge is 0.300 e. The fraction of sp³-hybridized carbons (Fsp3) is 0.276. The number of carbonyl (C=O) groups excluding carboxylic acids is 2. The Morgan fingerprint density at radius 3 is 2.03 bits per heavy atom. The number of hydrogen-bond acceptors (Lipinski definition) is 8. The first kappa shape index (κ1) is 25.3. The van der Waals surface area contributed by atoms with Gasteiger partial charge in [0.1, 0.15) is 22.8 Å². The maximum absolute atomic E-state index is 13.5. The van der Waals surface area contributed by atoms with Gasteiger partial charge in [0.25, 0.3) is 11.7 Å². The molecule has 2 aliphatic rings. The lowest BCUT2D eigenvalue weighted by Gasteiger charge is -2.34. The Balaban J connectivity index is 1.62. The van der Waals surface area contributed by atoms with Gasteiger partial charge >= 0.3 is 0 Å². The van der Waals surface area contributed by atoms with Gasteiger partial charge in [-0.1, -0.05) is 6.07 Å². The minimum Gasteiger partial charge on any atom is -0.506 e. The number of ketones is 1. The van der Waals surface area contributed by atoms with E-state index in [0.29, 0.717) is 22.7 Å². The Bertz CT molecular complexity index is 1340. The molecule has 0 saturated carbocycles. The third kappa shape index (κ3) is 4.45. The van der Waals surface area contributed by atoms with Gasteiger partial charge in [0, 0.05) is 49.9 Å². The number of aliphatic hydroxyl groups is 1. The minimum atomic E-state index is -0.873. The maximum atomic E-state index is 13.5. The number of carbonyl (C=O) groups is 2. The number of hydrogen-bond donors (Lipinski definition) is 1. The van der Waals surface area contributed by atoms with Crippen LogP contribution >= 0.6 is 0 Å². The molecule has 9 nitrogen and oxygen atoms in total. The quantitative estimate of drug-likeness (QED) is 0.304. The molecule has 1 N–H and O–H groups in total. The monoisotopic (exact) mass is 514 g/mol. The van der Waals surface area contributed by atoms with Crippen LogP contribution in [0.3, 0.4) is 0 Å². The molecule has 2 aliphatic heterocycles. The zero-order chi connectivity index (χ0) is 26.8. The van der Waals surface area contributed by atoms with Crippen molar-refractivity contribution < 1.29 is 24.2 Å². The lowest BCUT2D eigenvalue weighted by molar-refractivity contribution is -0.132. The van der Waals surface area contributed by atoms with Crippen LogP contribution in [0.4, 0.5) is 11.4 Å². The molecule has 0 radical (unpaired) electrons. The molecule has 3 aromatic rings. The van der Waals surface area contributed by atoms with Crippen LogP contribution in [0.2, 0.25) is 0 Å². The number of anilines is 2. The second-order valence-corrected chi connectivity index (χ2v) is 9.29. The molecule has 196 valence electrons. The molecule has 2 aromatic carbocycles. The van der Waals surface area contributed by atoms with Gasteiger partial charge < -0.3 is 24.4 Å². The van der Waals surface area contributed by atoms with Crippen LogP contribution in [0.5, 0.6) is 11.5 Å². The van der Waals surface area contributed by atoms with Gasteiger partial charge in [-0.15, -0.1) is 0 Å². The number of rotatable bonds is 6. The molecule has 1 amide bonds. The average Bonchev–Trinajstić information content (AvgIpc) is 3.23. The molecule has 2 saturated heterocycles. The van der Waals surface area contributed by atoms with Gasteiger partial charge in [0.2, 0.25) is 0 Å². The summed E-state index contributed by atoms with van der Waals surface area (Å²) in [5.74, 6) is -1.25. The summed E-state index contributed by atoms with van der Waals surface area (Å²) in [6, 6.07) is 15.2. The van der Waals surface area contributed by atoms with Crippen LogP contribution in [0, 0.1) is 0 Å². The van der Waals surface area contributed by atoms with Crippen molar-refractivity contribution in [3.8, 4) is 11.5 Å². The van der Waals surface area contributed by atoms with Crippen LogP contribution < -0.4 is 19.3 Å². The van der Waals surface area contributed by atoms with Gasteiger partial charge in [-0.05, 0) is 61.1 Å². The van der Waals surface area contributed by atoms with E-state index in [-0.39, 0.29) is 16.9 Å². The number of nitrogens with zero attached hydrogens (tertiary/aromatic N) is 4. The van der Waals surface area contributed by atoms with Crippen LogP contribution in [0.1, 0.15) is 17.2 Å². The molecule has 0 aliphatic carbocycles. The molecular weight excluding hydrogens is 484 g/mol. The fourth-order valence-electron chi connectivity index (χ4n) is 5.07. The van der Waals surface area contributed by atoms with E-state index in [2.05, 4.69) is 21.8 Å². The van der Waals surface area contributed by atoms with E-state index >= 15 is 0 Å². The predicted octanol–water partition coefficient (Wildman–Crippen LogP) is 3.48. The largest absolute Gasteiger partial charge is 0.506 e. The number of pyridine rings is 1. The summed E-state index contributed by atoms with van der Waals surface area (Å²) in [7, 11) is 5.04. The first-order valence-electron chi connectivity index (χ1n) is 12.4. The SMILES string of the molecule is COc1cccc(OC)c1/C(O)=C1\C(=O)C(=O)N(c2ccc(N3CCN(C)CC3)cc2)C1c1ccncc1. The number of benzene rings is 2. The van der Waals surface area contributed by atoms with E-state index in [1.807, 2.05) is 24.3 Å². The van der Waals surface area contributed by atoms with E-state index in [4.69, 9.17) is 9.47 Å². The Morgan fingerprint density at radius 1 is 0.868 bits per heavy atom. The van der Waals surface area contributed by atoms with E-state index in [0.717, 1.165) is 31.9 Å². The van der Waals surface area contributed by atoms with Crippen molar-refractivity contribution in [1.29, 1.82) is 0 Å². The third-order valence-corrected chi connectivity index (χ3v) is 7.13. The van der Waals surface area contributed by atoms with Gasteiger partial charge in [-0.2, -0.15) is 0 Å². The van der Waals surface area contributed by atoms with E-state index in [1.54, 1.807) is 42.7 Å². The van der Waals surface area contributed by atoms with Crippen molar-refractivity contribution in [3.63, 3.8) is 0 Å².